The third-order valence-corrected chi connectivity index (χ3v) is 4.08. The summed E-state index contributed by atoms with van der Waals surface area (Å²) in [5, 5.41) is 6.66. The van der Waals surface area contributed by atoms with Crippen LogP contribution in [-0.2, 0) is 0 Å². The summed E-state index contributed by atoms with van der Waals surface area (Å²) in [6.45, 7) is 4.54. The monoisotopic (exact) mass is 338 g/mol. The Kier molecular flexibility index (Phi) is 9.55. The lowest BCUT2D eigenvalue weighted by Crippen LogP contribution is -2.39. The van der Waals surface area contributed by atoms with Gasteiger partial charge < -0.3 is 20.3 Å². The zero-order valence-corrected chi connectivity index (χ0v) is 15.7. The van der Waals surface area contributed by atoms with Gasteiger partial charge in [0.25, 0.3) is 0 Å². The maximum Gasteiger partial charge on any atom is 0.191 e. The first-order valence-electron chi connectivity index (χ1n) is 7.93. The average Bonchev–Trinajstić information content (AvgIpc) is 2.55. The van der Waals surface area contributed by atoms with Crippen molar-refractivity contribution in [3.63, 3.8) is 0 Å². The molecule has 0 heterocycles. The van der Waals surface area contributed by atoms with Crippen LogP contribution in [0.15, 0.2) is 29.3 Å². The molecule has 1 atom stereocenters. The second-order valence-electron chi connectivity index (χ2n) is 5.40. The minimum Gasteiger partial charge on any atom is -0.497 e. The van der Waals surface area contributed by atoms with Crippen molar-refractivity contribution in [2.24, 2.45) is 4.99 Å². The van der Waals surface area contributed by atoms with Gasteiger partial charge in [0, 0.05) is 18.8 Å². The van der Waals surface area contributed by atoms with Crippen molar-refractivity contribution in [3.8, 4) is 5.75 Å². The van der Waals surface area contributed by atoms with Gasteiger partial charge in [-0.05, 0) is 45.0 Å². The van der Waals surface area contributed by atoms with E-state index >= 15 is 0 Å². The lowest BCUT2D eigenvalue weighted by Gasteiger charge is -2.24. The molecule has 0 aliphatic heterocycles. The SMILES string of the molecule is CCNC(=NCC(c1cccc(OC)c1)N(C)C)NCCSC. The van der Waals surface area contributed by atoms with E-state index in [0.29, 0.717) is 6.54 Å². The van der Waals surface area contributed by atoms with E-state index in [1.807, 2.05) is 23.9 Å². The summed E-state index contributed by atoms with van der Waals surface area (Å²) in [6.07, 6.45) is 2.11. The fourth-order valence-corrected chi connectivity index (χ4v) is 2.51. The molecule has 1 aromatic rings. The summed E-state index contributed by atoms with van der Waals surface area (Å²) < 4.78 is 5.33. The molecule has 0 radical (unpaired) electrons. The number of thioether (sulfide) groups is 1. The molecular weight excluding hydrogens is 308 g/mol. The van der Waals surface area contributed by atoms with Crippen LogP contribution in [0.1, 0.15) is 18.5 Å². The highest BCUT2D eigenvalue weighted by atomic mass is 32.2. The molecular formula is C17H30N4OS. The number of aliphatic imine (C=N–C) groups is 1. The Morgan fingerprint density at radius 1 is 1.35 bits per heavy atom. The lowest BCUT2D eigenvalue weighted by atomic mass is 10.1. The first-order valence-corrected chi connectivity index (χ1v) is 9.33. The number of benzene rings is 1. The van der Waals surface area contributed by atoms with E-state index in [9.17, 15) is 0 Å². The molecule has 0 aromatic heterocycles. The van der Waals surface area contributed by atoms with E-state index in [1.54, 1.807) is 7.11 Å². The molecule has 0 aliphatic rings. The maximum absolute atomic E-state index is 5.33. The van der Waals surface area contributed by atoms with Crippen molar-refractivity contribution in [2.45, 2.75) is 13.0 Å². The molecule has 0 spiro atoms. The van der Waals surface area contributed by atoms with Crippen molar-refractivity contribution in [3.05, 3.63) is 29.8 Å². The Morgan fingerprint density at radius 2 is 2.13 bits per heavy atom. The Labute approximate surface area is 144 Å². The number of rotatable bonds is 9. The lowest BCUT2D eigenvalue weighted by molar-refractivity contribution is 0.305. The minimum absolute atomic E-state index is 0.209. The van der Waals surface area contributed by atoms with E-state index in [-0.39, 0.29) is 6.04 Å². The van der Waals surface area contributed by atoms with Crippen molar-refractivity contribution < 1.29 is 4.74 Å². The van der Waals surface area contributed by atoms with E-state index in [4.69, 9.17) is 9.73 Å². The molecule has 130 valence electrons. The van der Waals surface area contributed by atoms with Gasteiger partial charge in [-0.1, -0.05) is 12.1 Å². The van der Waals surface area contributed by atoms with Crippen molar-refractivity contribution >= 4 is 17.7 Å². The fraction of sp³-hybridized carbons (Fsp3) is 0.588. The van der Waals surface area contributed by atoms with Crippen molar-refractivity contribution in [1.29, 1.82) is 0 Å². The summed E-state index contributed by atoms with van der Waals surface area (Å²) in [5.41, 5.74) is 1.21. The Hall–Kier alpha value is -1.40. The Morgan fingerprint density at radius 3 is 2.74 bits per heavy atom. The van der Waals surface area contributed by atoms with Crippen LogP contribution in [-0.4, -0.2) is 63.7 Å². The van der Waals surface area contributed by atoms with Crippen molar-refractivity contribution in [1.82, 2.24) is 15.5 Å². The fourth-order valence-electron chi connectivity index (χ4n) is 2.21. The van der Waals surface area contributed by atoms with E-state index < -0.39 is 0 Å². The largest absolute Gasteiger partial charge is 0.497 e. The highest BCUT2D eigenvalue weighted by molar-refractivity contribution is 7.98. The van der Waals surface area contributed by atoms with Gasteiger partial charge in [0.05, 0.1) is 19.7 Å². The predicted octanol–water partition coefficient (Wildman–Crippen LogP) is 2.22. The van der Waals surface area contributed by atoms with Gasteiger partial charge in [-0.25, -0.2) is 0 Å². The van der Waals surface area contributed by atoms with Gasteiger partial charge in [-0.15, -0.1) is 0 Å². The van der Waals surface area contributed by atoms with E-state index in [1.165, 1.54) is 5.56 Å². The second kappa shape index (κ2) is 11.2. The molecule has 0 saturated carbocycles. The van der Waals surface area contributed by atoms with Crippen LogP contribution in [0.25, 0.3) is 0 Å². The number of hydrogen-bond donors (Lipinski definition) is 2. The maximum atomic E-state index is 5.33. The Balaban J connectivity index is 2.81. The number of hydrogen-bond acceptors (Lipinski definition) is 4. The van der Waals surface area contributed by atoms with Gasteiger partial charge in [0.2, 0.25) is 0 Å². The number of guanidine groups is 1. The van der Waals surface area contributed by atoms with Gasteiger partial charge in [0.15, 0.2) is 5.96 Å². The van der Waals surface area contributed by atoms with Crippen LogP contribution < -0.4 is 15.4 Å². The van der Waals surface area contributed by atoms with Crippen molar-refractivity contribution in [2.75, 3.05) is 52.8 Å². The van der Waals surface area contributed by atoms with E-state index in [0.717, 1.165) is 30.6 Å². The molecule has 0 bridgehead atoms. The normalized spacial score (nSPS) is 13.0. The highest BCUT2D eigenvalue weighted by Crippen LogP contribution is 2.22. The summed E-state index contributed by atoms with van der Waals surface area (Å²) >= 11 is 1.82. The number of ether oxygens (including phenoxy) is 1. The molecule has 0 aliphatic carbocycles. The Bertz CT molecular complexity index is 479. The van der Waals surface area contributed by atoms with E-state index in [2.05, 4.69) is 54.9 Å². The summed E-state index contributed by atoms with van der Waals surface area (Å²) in [7, 11) is 5.85. The first kappa shape index (κ1) is 19.6. The molecule has 5 nitrogen and oxygen atoms in total. The molecule has 1 aromatic carbocycles. The molecule has 23 heavy (non-hydrogen) atoms. The topological polar surface area (TPSA) is 48.9 Å². The smallest absolute Gasteiger partial charge is 0.191 e. The van der Waals surface area contributed by atoms with Crippen LogP contribution in [0.4, 0.5) is 0 Å². The first-order chi connectivity index (χ1) is 11.1. The molecule has 0 amide bonds. The third kappa shape index (κ3) is 7.14. The van der Waals surface area contributed by atoms with Crippen LogP contribution in [0.3, 0.4) is 0 Å². The van der Waals surface area contributed by atoms with Gasteiger partial charge in [-0.3, -0.25) is 4.99 Å². The van der Waals surface area contributed by atoms with Crippen LogP contribution in [0.5, 0.6) is 5.75 Å². The zero-order chi connectivity index (χ0) is 17.1. The standard InChI is InChI=1S/C17H30N4OS/c1-6-18-17(19-10-11-23-5)20-13-16(21(2)3)14-8-7-9-15(12-14)22-4/h7-9,12,16H,6,10-11,13H2,1-5H3,(H2,18,19,20). The summed E-state index contributed by atoms with van der Waals surface area (Å²) in [5.74, 6) is 2.82. The second-order valence-corrected chi connectivity index (χ2v) is 6.38. The molecule has 2 N–H and O–H groups in total. The molecule has 1 unspecified atom stereocenters. The van der Waals surface area contributed by atoms with Crippen LogP contribution in [0.2, 0.25) is 0 Å². The van der Waals surface area contributed by atoms with Gasteiger partial charge >= 0.3 is 0 Å². The molecule has 0 saturated heterocycles. The van der Waals surface area contributed by atoms with Gasteiger partial charge in [0.1, 0.15) is 5.75 Å². The number of likely N-dealkylation sites (N-methyl/N-ethyl adjacent to an activating group) is 1. The summed E-state index contributed by atoms with van der Waals surface area (Å²) in [6, 6.07) is 8.40. The minimum atomic E-state index is 0.209. The van der Waals surface area contributed by atoms with Crippen LogP contribution >= 0.6 is 11.8 Å². The predicted molar refractivity (Wildman–Crippen MR) is 102 cm³/mol. The summed E-state index contributed by atoms with van der Waals surface area (Å²) in [4.78, 5) is 6.93. The molecule has 0 fully saturated rings. The average molecular weight is 339 g/mol. The molecule has 1 rings (SSSR count). The van der Waals surface area contributed by atoms with Crippen LogP contribution in [0, 0.1) is 0 Å². The highest BCUT2D eigenvalue weighted by Gasteiger charge is 2.14. The zero-order valence-electron chi connectivity index (χ0n) is 14.9. The number of methoxy groups -OCH3 is 1. The third-order valence-electron chi connectivity index (χ3n) is 3.47. The number of nitrogens with one attached hydrogen (secondary N) is 2. The van der Waals surface area contributed by atoms with Gasteiger partial charge in [-0.2, -0.15) is 11.8 Å². The molecule has 6 heteroatoms. The quantitative estimate of drug-likeness (QED) is 0.411. The number of nitrogens with zero attached hydrogens (tertiary/aromatic N) is 2.